The van der Waals surface area contributed by atoms with Crippen molar-refractivity contribution in [3.63, 3.8) is 0 Å². The van der Waals surface area contributed by atoms with E-state index < -0.39 is 0 Å². The second kappa shape index (κ2) is 3.16. The van der Waals surface area contributed by atoms with Crippen molar-refractivity contribution in [3.05, 3.63) is 16.4 Å². The molecule has 56 valence electrons. The fraction of sp³-hybridized carbons (Fsp3) is 0.500. The number of aromatic nitrogens is 2. The van der Waals surface area contributed by atoms with Crippen LogP contribution in [0.5, 0.6) is 0 Å². The van der Waals surface area contributed by atoms with Gasteiger partial charge in [0, 0.05) is 25.9 Å². The number of nitrogens with zero attached hydrogens (tertiary/aromatic N) is 2. The van der Waals surface area contributed by atoms with Gasteiger partial charge in [-0.3, -0.25) is 4.68 Å². The van der Waals surface area contributed by atoms with Crippen molar-refractivity contribution in [2.24, 2.45) is 7.05 Å². The summed E-state index contributed by atoms with van der Waals surface area (Å²) in [5.74, 6) is 0. The number of hydrogen-bond donors (Lipinski definition) is 0. The van der Waals surface area contributed by atoms with E-state index in [0.717, 1.165) is 10.2 Å². The van der Waals surface area contributed by atoms with Crippen LogP contribution in [0.25, 0.3) is 0 Å². The Bertz CT molecular complexity index is 222. The van der Waals surface area contributed by atoms with Crippen LogP contribution in [-0.2, 0) is 18.4 Å². The van der Waals surface area contributed by atoms with E-state index in [0.29, 0.717) is 6.61 Å². The molecule has 0 unspecified atom stereocenters. The van der Waals surface area contributed by atoms with E-state index in [1.807, 2.05) is 13.2 Å². The monoisotopic (exact) mass is 204 g/mol. The zero-order valence-corrected chi connectivity index (χ0v) is 7.55. The number of aryl methyl sites for hydroxylation is 1. The number of halogens is 1. The van der Waals surface area contributed by atoms with E-state index in [1.54, 1.807) is 11.8 Å². The van der Waals surface area contributed by atoms with Crippen LogP contribution in [0, 0.1) is 0 Å². The van der Waals surface area contributed by atoms with E-state index in [9.17, 15) is 0 Å². The van der Waals surface area contributed by atoms with Crippen molar-refractivity contribution < 1.29 is 4.74 Å². The van der Waals surface area contributed by atoms with Gasteiger partial charge >= 0.3 is 0 Å². The fourth-order valence-electron chi connectivity index (χ4n) is 0.763. The first-order valence-corrected chi connectivity index (χ1v) is 3.70. The number of methoxy groups -OCH3 is 1. The molecular formula is C6H9BrN2O. The van der Waals surface area contributed by atoms with Crippen molar-refractivity contribution in [2.75, 3.05) is 7.11 Å². The van der Waals surface area contributed by atoms with E-state index in [4.69, 9.17) is 4.74 Å². The van der Waals surface area contributed by atoms with Crippen LogP contribution >= 0.6 is 15.9 Å². The Balaban J connectivity index is 2.81. The van der Waals surface area contributed by atoms with Gasteiger partial charge in [-0.15, -0.1) is 0 Å². The maximum atomic E-state index is 4.94. The predicted molar refractivity (Wildman–Crippen MR) is 41.6 cm³/mol. The van der Waals surface area contributed by atoms with Gasteiger partial charge in [-0.05, 0) is 15.9 Å². The molecule has 3 nitrogen and oxygen atoms in total. The van der Waals surface area contributed by atoms with Gasteiger partial charge in [-0.2, -0.15) is 5.10 Å². The molecule has 1 rings (SSSR count). The second-order valence-electron chi connectivity index (χ2n) is 2.05. The Morgan fingerprint density at radius 3 is 2.90 bits per heavy atom. The molecule has 0 bridgehead atoms. The number of ether oxygens (including phenoxy) is 1. The third-order valence-electron chi connectivity index (χ3n) is 1.15. The largest absolute Gasteiger partial charge is 0.380 e. The maximum absolute atomic E-state index is 4.94. The summed E-state index contributed by atoms with van der Waals surface area (Å²) in [5, 5.41) is 4.08. The van der Waals surface area contributed by atoms with Crippen LogP contribution in [0.2, 0.25) is 0 Å². The molecule has 4 heteroatoms. The smallest absolute Gasteiger partial charge is 0.133 e. The maximum Gasteiger partial charge on any atom is 0.133 e. The molecule has 0 aliphatic carbocycles. The highest BCUT2D eigenvalue weighted by Crippen LogP contribution is 2.13. The molecule has 0 amide bonds. The van der Waals surface area contributed by atoms with E-state index in [1.165, 1.54) is 0 Å². The molecule has 0 saturated heterocycles. The molecule has 10 heavy (non-hydrogen) atoms. The molecule has 0 aliphatic heterocycles. The molecule has 0 spiro atoms. The Labute approximate surface area is 68.1 Å². The number of hydrogen-bond acceptors (Lipinski definition) is 2. The predicted octanol–water partition coefficient (Wildman–Crippen LogP) is 1.33. The summed E-state index contributed by atoms with van der Waals surface area (Å²) in [6.45, 7) is 0.606. The highest BCUT2D eigenvalue weighted by atomic mass is 79.9. The van der Waals surface area contributed by atoms with Gasteiger partial charge in [0.15, 0.2) is 0 Å². The molecule has 0 N–H and O–H groups in total. The molecule has 1 aromatic rings. The molecule has 0 aliphatic rings. The Hall–Kier alpha value is -0.350. The number of rotatable bonds is 2. The first kappa shape index (κ1) is 7.75. The van der Waals surface area contributed by atoms with Gasteiger partial charge in [0.25, 0.3) is 0 Å². The van der Waals surface area contributed by atoms with E-state index >= 15 is 0 Å². The lowest BCUT2D eigenvalue weighted by Crippen LogP contribution is -1.85. The minimum atomic E-state index is 0.606. The molecule has 0 radical (unpaired) electrons. The average molecular weight is 205 g/mol. The zero-order valence-electron chi connectivity index (χ0n) is 5.97. The van der Waals surface area contributed by atoms with Crippen molar-refractivity contribution >= 4 is 15.9 Å². The molecule has 0 saturated carbocycles. The third-order valence-corrected chi connectivity index (χ3v) is 1.82. The highest BCUT2D eigenvalue weighted by Gasteiger charge is 2.01. The van der Waals surface area contributed by atoms with Crippen LogP contribution in [-0.4, -0.2) is 16.9 Å². The summed E-state index contributed by atoms with van der Waals surface area (Å²) in [7, 11) is 3.54. The van der Waals surface area contributed by atoms with Crippen LogP contribution in [0.1, 0.15) is 5.56 Å². The van der Waals surface area contributed by atoms with Crippen LogP contribution < -0.4 is 0 Å². The topological polar surface area (TPSA) is 27.1 Å². The first-order valence-electron chi connectivity index (χ1n) is 2.91. The van der Waals surface area contributed by atoms with Gasteiger partial charge in [-0.25, -0.2) is 0 Å². The quantitative estimate of drug-likeness (QED) is 0.728. The minimum Gasteiger partial charge on any atom is -0.380 e. The molecular weight excluding hydrogens is 196 g/mol. The third kappa shape index (κ3) is 1.58. The van der Waals surface area contributed by atoms with Gasteiger partial charge in [0.1, 0.15) is 4.60 Å². The average Bonchev–Trinajstić information content (AvgIpc) is 2.13. The van der Waals surface area contributed by atoms with Crippen LogP contribution in [0.15, 0.2) is 10.8 Å². The van der Waals surface area contributed by atoms with E-state index in [2.05, 4.69) is 21.0 Å². The normalized spacial score (nSPS) is 10.3. The summed E-state index contributed by atoms with van der Waals surface area (Å²) in [6.07, 6.45) is 1.92. The Kier molecular flexibility index (Phi) is 2.45. The molecule has 1 heterocycles. The minimum absolute atomic E-state index is 0.606. The Morgan fingerprint density at radius 2 is 2.50 bits per heavy atom. The summed E-state index contributed by atoms with van der Waals surface area (Å²) in [5.41, 5.74) is 1.07. The summed E-state index contributed by atoms with van der Waals surface area (Å²) in [4.78, 5) is 0. The lowest BCUT2D eigenvalue weighted by atomic mass is 10.4. The molecule has 0 fully saturated rings. The lowest BCUT2D eigenvalue weighted by molar-refractivity contribution is 0.184. The summed E-state index contributed by atoms with van der Waals surface area (Å²) < 4.78 is 7.55. The zero-order chi connectivity index (χ0) is 7.56. The standard InChI is InChI=1S/C6H9BrN2O/c1-9-3-5(4-10-2)6(7)8-9/h3H,4H2,1-2H3. The van der Waals surface area contributed by atoms with Gasteiger partial charge in [-0.1, -0.05) is 0 Å². The first-order chi connectivity index (χ1) is 4.74. The van der Waals surface area contributed by atoms with Crippen molar-refractivity contribution in [1.29, 1.82) is 0 Å². The van der Waals surface area contributed by atoms with Gasteiger partial charge in [0.05, 0.1) is 6.61 Å². The molecule has 0 atom stereocenters. The lowest BCUT2D eigenvalue weighted by Gasteiger charge is -1.91. The SMILES string of the molecule is COCc1cn(C)nc1Br. The van der Waals surface area contributed by atoms with Crippen LogP contribution in [0.3, 0.4) is 0 Å². The second-order valence-corrected chi connectivity index (χ2v) is 2.80. The van der Waals surface area contributed by atoms with Crippen molar-refractivity contribution in [3.8, 4) is 0 Å². The van der Waals surface area contributed by atoms with Gasteiger partial charge < -0.3 is 4.74 Å². The van der Waals surface area contributed by atoms with Gasteiger partial charge in [0.2, 0.25) is 0 Å². The molecule has 1 aromatic heterocycles. The Morgan fingerprint density at radius 1 is 1.80 bits per heavy atom. The van der Waals surface area contributed by atoms with Crippen molar-refractivity contribution in [2.45, 2.75) is 6.61 Å². The highest BCUT2D eigenvalue weighted by molar-refractivity contribution is 9.10. The van der Waals surface area contributed by atoms with E-state index in [-0.39, 0.29) is 0 Å². The molecule has 0 aromatic carbocycles. The van der Waals surface area contributed by atoms with Crippen molar-refractivity contribution in [1.82, 2.24) is 9.78 Å². The fourth-order valence-corrected chi connectivity index (χ4v) is 1.23. The van der Waals surface area contributed by atoms with Crippen LogP contribution in [0.4, 0.5) is 0 Å². The summed E-state index contributed by atoms with van der Waals surface area (Å²) >= 11 is 3.31. The summed E-state index contributed by atoms with van der Waals surface area (Å²) in [6, 6.07) is 0.